The maximum absolute atomic E-state index is 13.5. The van der Waals surface area contributed by atoms with Gasteiger partial charge in [0.1, 0.15) is 0 Å². The average Bonchev–Trinajstić information content (AvgIpc) is 2.19. The van der Waals surface area contributed by atoms with Gasteiger partial charge in [0.15, 0.2) is 11.6 Å². The Bertz CT molecular complexity index is 333. The Morgan fingerprint density at radius 2 is 2.29 bits per heavy atom. The third-order valence-corrected chi connectivity index (χ3v) is 2.07. The molecule has 3 nitrogen and oxygen atoms in total. The fourth-order valence-corrected chi connectivity index (χ4v) is 1.32. The van der Waals surface area contributed by atoms with Gasteiger partial charge in [-0.15, -0.1) is 0 Å². The monoisotopic (exact) mass is 219 g/mol. The molecule has 3 N–H and O–H groups in total. The van der Waals surface area contributed by atoms with E-state index in [1.54, 1.807) is 0 Å². The maximum atomic E-state index is 13.5. The first-order valence-electron chi connectivity index (χ1n) is 3.99. The molecule has 0 fully saturated rings. The number of benzene rings is 1. The predicted molar refractivity (Wildman–Crippen MR) is 52.0 cm³/mol. The van der Waals surface area contributed by atoms with E-state index in [9.17, 15) is 4.39 Å². The molecule has 1 aromatic carbocycles. The second kappa shape index (κ2) is 4.59. The fourth-order valence-electron chi connectivity index (χ4n) is 1.10. The lowest BCUT2D eigenvalue weighted by Crippen LogP contribution is -2.16. The van der Waals surface area contributed by atoms with Crippen molar-refractivity contribution in [2.45, 2.75) is 6.04 Å². The second-order valence-corrected chi connectivity index (χ2v) is 3.24. The van der Waals surface area contributed by atoms with E-state index in [4.69, 9.17) is 27.2 Å². The number of rotatable bonds is 3. The Labute approximate surface area is 86.2 Å². The molecule has 0 aliphatic heterocycles. The Balaban J connectivity index is 3.21. The van der Waals surface area contributed by atoms with Crippen LogP contribution in [0.3, 0.4) is 0 Å². The zero-order chi connectivity index (χ0) is 10.7. The molecule has 0 saturated carbocycles. The number of methoxy groups -OCH3 is 1. The van der Waals surface area contributed by atoms with E-state index in [0.29, 0.717) is 5.02 Å². The van der Waals surface area contributed by atoms with Crippen LogP contribution < -0.4 is 10.5 Å². The number of halogens is 2. The van der Waals surface area contributed by atoms with Crippen molar-refractivity contribution in [2.24, 2.45) is 5.73 Å². The van der Waals surface area contributed by atoms with Crippen molar-refractivity contribution < 1.29 is 14.2 Å². The van der Waals surface area contributed by atoms with Crippen molar-refractivity contribution >= 4 is 11.6 Å². The minimum absolute atomic E-state index is 0.0244. The van der Waals surface area contributed by atoms with E-state index in [2.05, 4.69) is 0 Å². The molecule has 0 amide bonds. The van der Waals surface area contributed by atoms with Crippen molar-refractivity contribution in [1.29, 1.82) is 0 Å². The van der Waals surface area contributed by atoms with Gasteiger partial charge in [-0.3, -0.25) is 0 Å². The Morgan fingerprint density at radius 1 is 1.64 bits per heavy atom. The van der Waals surface area contributed by atoms with Gasteiger partial charge in [-0.2, -0.15) is 0 Å². The van der Waals surface area contributed by atoms with Crippen molar-refractivity contribution in [1.82, 2.24) is 0 Å². The summed E-state index contributed by atoms with van der Waals surface area (Å²) in [7, 11) is 1.34. The highest BCUT2D eigenvalue weighted by molar-refractivity contribution is 6.30. The number of ether oxygens (including phenoxy) is 1. The lowest BCUT2D eigenvalue weighted by molar-refractivity contribution is 0.264. The van der Waals surface area contributed by atoms with E-state index >= 15 is 0 Å². The molecule has 5 heteroatoms. The first-order valence-corrected chi connectivity index (χ1v) is 4.37. The van der Waals surface area contributed by atoms with Crippen LogP contribution in [0.4, 0.5) is 4.39 Å². The molecule has 78 valence electrons. The van der Waals surface area contributed by atoms with Crippen LogP contribution in [-0.2, 0) is 0 Å². The minimum atomic E-state index is -0.789. The molecule has 0 saturated heterocycles. The first kappa shape index (κ1) is 11.2. The number of aliphatic hydroxyl groups is 1. The largest absolute Gasteiger partial charge is 0.494 e. The highest BCUT2D eigenvalue weighted by Gasteiger charge is 2.15. The topological polar surface area (TPSA) is 55.5 Å². The van der Waals surface area contributed by atoms with Crippen LogP contribution in [0.25, 0.3) is 0 Å². The first-order chi connectivity index (χ1) is 6.60. The standard InChI is InChI=1S/C9H11ClFNO2/c1-14-8-3-5(10)2-6(9(8)11)7(12)4-13/h2-3,7,13H,4,12H2,1H3. The molecule has 0 radical (unpaired) electrons. The van der Waals surface area contributed by atoms with Crippen LogP contribution in [0.5, 0.6) is 5.75 Å². The SMILES string of the molecule is COc1cc(Cl)cc(C(N)CO)c1F. The molecule has 1 aromatic rings. The number of hydrogen-bond acceptors (Lipinski definition) is 3. The summed E-state index contributed by atoms with van der Waals surface area (Å²) < 4.78 is 18.3. The molecule has 0 bridgehead atoms. The van der Waals surface area contributed by atoms with E-state index in [1.807, 2.05) is 0 Å². The summed E-state index contributed by atoms with van der Waals surface area (Å²) in [5.41, 5.74) is 5.63. The summed E-state index contributed by atoms with van der Waals surface area (Å²) in [5, 5.41) is 9.11. The second-order valence-electron chi connectivity index (χ2n) is 2.80. The van der Waals surface area contributed by atoms with Crippen LogP contribution in [0.15, 0.2) is 12.1 Å². The smallest absolute Gasteiger partial charge is 0.169 e. The van der Waals surface area contributed by atoms with Gasteiger partial charge >= 0.3 is 0 Å². The Hall–Kier alpha value is -0.840. The van der Waals surface area contributed by atoms with Crippen molar-refractivity contribution in [3.05, 3.63) is 28.5 Å². The summed E-state index contributed by atoms with van der Waals surface area (Å²) in [4.78, 5) is 0. The molecule has 1 atom stereocenters. The van der Waals surface area contributed by atoms with E-state index in [-0.39, 0.29) is 17.9 Å². The van der Waals surface area contributed by atoms with Gasteiger partial charge in [-0.25, -0.2) is 4.39 Å². The molecular weight excluding hydrogens is 209 g/mol. The van der Waals surface area contributed by atoms with Crippen LogP contribution in [0.1, 0.15) is 11.6 Å². The Kier molecular flexibility index (Phi) is 3.69. The highest BCUT2D eigenvalue weighted by atomic mass is 35.5. The third kappa shape index (κ3) is 2.15. The molecule has 1 unspecified atom stereocenters. The summed E-state index contributed by atoms with van der Waals surface area (Å²) in [6.07, 6.45) is 0. The van der Waals surface area contributed by atoms with Gasteiger partial charge in [-0.1, -0.05) is 11.6 Å². The lowest BCUT2D eigenvalue weighted by atomic mass is 10.1. The zero-order valence-electron chi connectivity index (χ0n) is 7.63. The van der Waals surface area contributed by atoms with Gasteiger partial charge in [0.05, 0.1) is 19.8 Å². The van der Waals surface area contributed by atoms with Crippen molar-refractivity contribution in [3.8, 4) is 5.75 Å². The number of nitrogens with two attached hydrogens (primary N) is 1. The van der Waals surface area contributed by atoms with E-state index in [1.165, 1.54) is 19.2 Å². The summed E-state index contributed by atoms with van der Waals surface area (Å²) in [5.74, 6) is -0.560. The maximum Gasteiger partial charge on any atom is 0.169 e. The zero-order valence-corrected chi connectivity index (χ0v) is 8.38. The van der Waals surface area contributed by atoms with Crippen molar-refractivity contribution in [3.63, 3.8) is 0 Å². The van der Waals surface area contributed by atoms with Gasteiger partial charge in [0.2, 0.25) is 0 Å². The molecule has 0 aromatic heterocycles. The molecule has 14 heavy (non-hydrogen) atoms. The summed E-state index contributed by atoms with van der Waals surface area (Å²) in [6.45, 7) is -0.347. The van der Waals surface area contributed by atoms with Gasteiger partial charge < -0.3 is 15.6 Å². The molecule has 1 rings (SSSR count). The Morgan fingerprint density at radius 3 is 2.79 bits per heavy atom. The van der Waals surface area contributed by atoms with Gasteiger partial charge in [0.25, 0.3) is 0 Å². The number of hydrogen-bond donors (Lipinski definition) is 2. The molecule has 0 aliphatic carbocycles. The highest BCUT2D eigenvalue weighted by Crippen LogP contribution is 2.28. The molecule has 0 heterocycles. The number of aliphatic hydroxyl groups excluding tert-OH is 1. The average molecular weight is 220 g/mol. The van der Waals surface area contributed by atoms with Crippen LogP contribution >= 0.6 is 11.6 Å². The lowest BCUT2D eigenvalue weighted by Gasteiger charge is -2.12. The molecule has 0 spiro atoms. The fraction of sp³-hybridized carbons (Fsp3) is 0.333. The van der Waals surface area contributed by atoms with Gasteiger partial charge in [0, 0.05) is 16.7 Å². The molecule has 0 aliphatic rings. The van der Waals surface area contributed by atoms with Crippen LogP contribution in [0, 0.1) is 5.82 Å². The third-order valence-electron chi connectivity index (χ3n) is 1.85. The summed E-state index contributed by atoms with van der Waals surface area (Å²) in [6, 6.07) is 1.94. The van der Waals surface area contributed by atoms with E-state index in [0.717, 1.165) is 0 Å². The van der Waals surface area contributed by atoms with Crippen molar-refractivity contribution in [2.75, 3.05) is 13.7 Å². The predicted octanol–water partition coefficient (Wildman–Crippen LogP) is 1.48. The molecular formula is C9H11ClFNO2. The van der Waals surface area contributed by atoms with Crippen LogP contribution in [0.2, 0.25) is 5.02 Å². The van der Waals surface area contributed by atoms with Gasteiger partial charge in [-0.05, 0) is 6.07 Å². The minimum Gasteiger partial charge on any atom is -0.494 e. The summed E-state index contributed by atoms with van der Waals surface area (Å²) >= 11 is 5.72. The quantitative estimate of drug-likeness (QED) is 0.810. The van der Waals surface area contributed by atoms with Crippen LogP contribution in [-0.4, -0.2) is 18.8 Å². The van der Waals surface area contributed by atoms with E-state index < -0.39 is 11.9 Å². The normalized spacial score (nSPS) is 12.6.